The molecule has 180 valence electrons. The number of para-hydroxylation sites is 1. The summed E-state index contributed by atoms with van der Waals surface area (Å²) in [5.74, 6) is 1.08. The summed E-state index contributed by atoms with van der Waals surface area (Å²) in [5, 5.41) is 10.6. The minimum absolute atomic E-state index is 0.187. The summed E-state index contributed by atoms with van der Waals surface area (Å²) in [7, 11) is -3.71. The lowest BCUT2D eigenvalue weighted by molar-refractivity contribution is 0.0833. The maximum Gasteiger partial charge on any atom is 0.242 e. The number of nitrogens with two attached hydrogens (primary N) is 1. The number of hydrogen-bond donors (Lipinski definition) is 3. The van der Waals surface area contributed by atoms with E-state index in [-0.39, 0.29) is 11.5 Å². The minimum Gasteiger partial charge on any atom is -0.491 e. The molecule has 2 unspecified atom stereocenters. The molecule has 0 fully saturated rings. The molecule has 0 amide bonds. The molecular weight excluding hydrogens is 448 g/mol. The van der Waals surface area contributed by atoms with Crippen molar-refractivity contribution in [3.8, 4) is 5.75 Å². The molecule has 0 aromatic heterocycles. The quantitative estimate of drug-likeness (QED) is 0.318. The van der Waals surface area contributed by atoms with Crippen molar-refractivity contribution < 1.29 is 18.3 Å². The third-order valence-electron chi connectivity index (χ3n) is 6.28. The lowest BCUT2D eigenvalue weighted by Crippen LogP contribution is -2.34. The maximum atomic E-state index is 12.7. The average molecular weight is 481 g/mol. The molecule has 3 atom stereocenters. The number of fused-ring (bicyclic) bond motifs is 1. The van der Waals surface area contributed by atoms with Gasteiger partial charge in [-0.15, -0.1) is 0 Å². The monoisotopic (exact) mass is 480 g/mol. The number of nitrogens with one attached hydrogen (secondary N) is 1. The average Bonchev–Trinajstić information content (AvgIpc) is 3.04. The maximum absolute atomic E-state index is 12.7. The van der Waals surface area contributed by atoms with E-state index in [0.29, 0.717) is 12.3 Å². The SMILES string of the molecule is NC(NS(=O)(=O)c1ccccc1)c1ccc2c(c1)CC(C[C@H](O)COc1ccccc1)CCC2. The summed E-state index contributed by atoms with van der Waals surface area (Å²) < 4.78 is 33.6. The van der Waals surface area contributed by atoms with Gasteiger partial charge in [0, 0.05) is 0 Å². The number of hydrogen-bond acceptors (Lipinski definition) is 5. The van der Waals surface area contributed by atoms with E-state index in [1.54, 1.807) is 30.3 Å². The summed E-state index contributed by atoms with van der Waals surface area (Å²) in [6, 6.07) is 23.7. The Morgan fingerprint density at radius 2 is 1.71 bits per heavy atom. The summed E-state index contributed by atoms with van der Waals surface area (Å²) in [5.41, 5.74) is 9.42. The van der Waals surface area contributed by atoms with Gasteiger partial charge in [-0.05, 0) is 79.0 Å². The van der Waals surface area contributed by atoms with Gasteiger partial charge in [0.25, 0.3) is 0 Å². The van der Waals surface area contributed by atoms with Crippen molar-refractivity contribution in [2.45, 2.75) is 49.3 Å². The molecule has 0 radical (unpaired) electrons. The molecule has 0 saturated heterocycles. The van der Waals surface area contributed by atoms with Gasteiger partial charge in [-0.3, -0.25) is 0 Å². The van der Waals surface area contributed by atoms with E-state index in [4.69, 9.17) is 10.5 Å². The number of sulfonamides is 1. The molecule has 0 spiro atoms. The fraction of sp³-hybridized carbons (Fsp3) is 0.333. The first-order chi connectivity index (χ1) is 16.4. The van der Waals surface area contributed by atoms with Crippen LogP contribution < -0.4 is 15.2 Å². The predicted molar refractivity (Wildman–Crippen MR) is 133 cm³/mol. The van der Waals surface area contributed by atoms with E-state index in [1.807, 2.05) is 42.5 Å². The van der Waals surface area contributed by atoms with E-state index < -0.39 is 22.3 Å². The van der Waals surface area contributed by atoms with Gasteiger partial charge >= 0.3 is 0 Å². The molecule has 0 heterocycles. The largest absolute Gasteiger partial charge is 0.491 e. The fourth-order valence-corrected chi connectivity index (χ4v) is 5.66. The van der Waals surface area contributed by atoms with Crippen LogP contribution in [-0.4, -0.2) is 26.2 Å². The van der Waals surface area contributed by atoms with E-state index in [9.17, 15) is 13.5 Å². The first kappa shape index (κ1) is 24.4. The zero-order valence-corrected chi connectivity index (χ0v) is 20.0. The second kappa shape index (κ2) is 11.1. The zero-order chi connectivity index (χ0) is 24.0. The molecule has 7 heteroatoms. The van der Waals surface area contributed by atoms with Gasteiger partial charge in [0.05, 0.1) is 17.2 Å². The summed E-state index contributed by atoms with van der Waals surface area (Å²) in [4.78, 5) is 0.187. The number of benzene rings is 3. The second-order valence-electron chi connectivity index (χ2n) is 8.92. The van der Waals surface area contributed by atoms with Crippen LogP contribution in [0, 0.1) is 5.92 Å². The molecule has 0 aliphatic heterocycles. The Hall–Kier alpha value is -2.71. The third-order valence-corrected chi connectivity index (χ3v) is 7.74. The van der Waals surface area contributed by atoms with Crippen LogP contribution in [0.15, 0.2) is 83.8 Å². The van der Waals surface area contributed by atoms with Crippen LogP contribution in [0.5, 0.6) is 5.75 Å². The van der Waals surface area contributed by atoms with E-state index in [2.05, 4.69) is 10.8 Å². The van der Waals surface area contributed by atoms with Crippen molar-refractivity contribution in [2.75, 3.05) is 6.61 Å². The van der Waals surface area contributed by atoms with Crippen LogP contribution >= 0.6 is 0 Å². The Morgan fingerprint density at radius 1 is 1.00 bits per heavy atom. The van der Waals surface area contributed by atoms with Crippen LogP contribution in [0.4, 0.5) is 0 Å². The van der Waals surface area contributed by atoms with Crippen molar-refractivity contribution >= 4 is 10.0 Å². The number of aryl methyl sites for hydroxylation is 1. The summed E-state index contributed by atoms with van der Waals surface area (Å²) in [6.45, 7) is 0.263. The van der Waals surface area contributed by atoms with Gasteiger partial charge in [0.15, 0.2) is 0 Å². The van der Waals surface area contributed by atoms with Crippen LogP contribution in [0.25, 0.3) is 0 Å². The lowest BCUT2D eigenvalue weighted by Gasteiger charge is -2.20. The standard InChI is InChI=1S/C27H32N2O4S/c28-27(29-34(31,32)26-12-5-2-6-13-26)22-15-14-21-9-7-8-20(16-23(21)18-22)17-24(30)19-33-25-10-3-1-4-11-25/h1-6,10-15,18,20,24,27,29-30H,7-9,16-17,19,28H2/t20?,24-,27?/m0/s1. The Balaban J connectivity index is 1.40. The van der Waals surface area contributed by atoms with Crippen LogP contribution in [-0.2, 0) is 22.9 Å². The van der Waals surface area contributed by atoms with Gasteiger partial charge in [-0.2, -0.15) is 4.72 Å². The molecule has 4 rings (SSSR count). The summed E-state index contributed by atoms with van der Waals surface area (Å²) in [6.07, 6.45) is 3.13. The normalized spacial score (nSPS) is 17.9. The van der Waals surface area contributed by atoms with Gasteiger partial charge in [-0.1, -0.05) is 54.6 Å². The first-order valence-corrected chi connectivity index (χ1v) is 13.2. The van der Waals surface area contributed by atoms with Gasteiger partial charge < -0.3 is 15.6 Å². The molecule has 1 aliphatic rings. The Bertz CT molecular complexity index is 1170. The molecule has 4 N–H and O–H groups in total. The highest BCUT2D eigenvalue weighted by Gasteiger charge is 2.23. The van der Waals surface area contributed by atoms with E-state index in [1.165, 1.54) is 11.1 Å². The zero-order valence-electron chi connectivity index (χ0n) is 19.1. The van der Waals surface area contributed by atoms with Crippen molar-refractivity contribution in [3.05, 3.63) is 95.6 Å². The second-order valence-corrected chi connectivity index (χ2v) is 10.6. The molecule has 6 nitrogen and oxygen atoms in total. The van der Waals surface area contributed by atoms with E-state index in [0.717, 1.165) is 37.0 Å². The predicted octanol–water partition coefficient (Wildman–Crippen LogP) is 3.95. The highest BCUT2D eigenvalue weighted by molar-refractivity contribution is 7.89. The van der Waals surface area contributed by atoms with Crippen molar-refractivity contribution in [1.82, 2.24) is 4.72 Å². The molecule has 3 aromatic carbocycles. The molecule has 0 bridgehead atoms. The fourth-order valence-electron chi connectivity index (χ4n) is 4.53. The summed E-state index contributed by atoms with van der Waals surface area (Å²) >= 11 is 0. The highest BCUT2D eigenvalue weighted by Crippen LogP contribution is 2.29. The number of rotatable bonds is 9. The minimum atomic E-state index is -3.71. The van der Waals surface area contributed by atoms with Crippen molar-refractivity contribution in [1.29, 1.82) is 0 Å². The van der Waals surface area contributed by atoms with Crippen molar-refractivity contribution in [2.24, 2.45) is 11.7 Å². The number of aliphatic hydroxyl groups excluding tert-OH is 1. The third kappa shape index (κ3) is 6.45. The molecule has 0 saturated carbocycles. The Morgan fingerprint density at radius 3 is 2.44 bits per heavy atom. The Labute approximate surface area is 201 Å². The van der Waals surface area contributed by atoms with Gasteiger partial charge in [0.1, 0.15) is 12.4 Å². The number of aliphatic hydroxyl groups is 1. The van der Waals surface area contributed by atoms with Gasteiger partial charge in [0.2, 0.25) is 10.0 Å². The van der Waals surface area contributed by atoms with Crippen LogP contribution in [0.1, 0.15) is 42.1 Å². The molecular formula is C27H32N2O4S. The Kier molecular flexibility index (Phi) is 8.00. The molecule has 3 aromatic rings. The van der Waals surface area contributed by atoms with Gasteiger partial charge in [-0.25, -0.2) is 8.42 Å². The lowest BCUT2D eigenvalue weighted by atomic mass is 9.91. The number of ether oxygens (including phenoxy) is 1. The van der Waals surface area contributed by atoms with Crippen molar-refractivity contribution in [3.63, 3.8) is 0 Å². The first-order valence-electron chi connectivity index (χ1n) is 11.7. The highest BCUT2D eigenvalue weighted by atomic mass is 32.2. The van der Waals surface area contributed by atoms with Crippen LogP contribution in [0.2, 0.25) is 0 Å². The topological polar surface area (TPSA) is 102 Å². The molecule has 1 aliphatic carbocycles. The smallest absolute Gasteiger partial charge is 0.242 e. The van der Waals surface area contributed by atoms with Crippen LogP contribution in [0.3, 0.4) is 0 Å². The molecule has 34 heavy (non-hydrogen) atoms. The van der Waals surface area contributed by atoms with E-state index >= 15 is 0 Å².